The number of aromatic nitrogens is 3. The Bertz CT molecular complexity index is 3180. The van der Waals surface area contributed by atoms with Crippen LogP contribution in [0.25, 0.3) is 17.2 Å². The van der Waals surface area contributed by atoms with Crippen molar-refractivity contribution in [2.45, 2.75) is 91.1 Å². The van der Waals surface area contributed by atoms with Crippen molar-refractivity contribution in [3.8, 4) is 10.8 Å². The molecule has 408 valence electrons. The first-order chi connectivity index (χ1) is 37.6. The highest BCUT2D eigenvalue weighted by Gasteiger charge is 2.34. The maximum absolute atomic E-state index is 14.0. The lowest BCUT2D eigenvalue weighted by molar-refractivity contribution is -0.132. The summed E-state index contributed by atoms with van der Waals surface area (Å²) < 4.78 is 8.20. The summed E-state index contributed by atoms with van der Waals surface area (Å²) in [5, 5.41) is 12.1. The molecule has 0 radical (unpaired) electrons. The molecule has 2 fully saturated rings. The number of aliphatic imine (C=N–C) groups is 1. The second-order valence-corrected chi connectivity index (χ2v) is 23.6. The van der Waals surface area contributed by atoms with Gasteiger partial charge in [0.2, 0.25) is 5.91 Å². The second kappa shape index (κ2) is 26.2. The van der Waals surface area contributed by atoms with Crippen LogP contribution in [0, 0.1) is 27.7 Å². The lowest BCUT2D eigenvalue weighted by Gasteiger charge is -2.34. The van der Waals surface area contributed by atoms with E-state index < -0.39 is 12.1 Å². The molecule has 4 aromatic carbocycles. The Labute approximate surface area is 481 Å². The molecule has 3 aliphatic heterocycles. The number of aryl methyl sites for hydroxylation is 3. The number of amides is 1. The van der Waals surface area contributed by atoms with E-state index >= 15 is 0 Å². The van der Waals surface area contributed by atoms with E-state index in [1.54, 1.807) is 46.6 Å². The quantitative estimate of drug-likeness (QED) is 0.0584. The van der Waals surface area contributed by atoms with E-state index in [1.807, 2.05) is 80.6 Å². The van der Waals surface area contributed by atoms with E-state index in [0.717, 1.165) is 121 Å². The van der Waals surface area contributed by atoms with Gasteiger partial charge in [0.1, 0.15) is 28.4 Å². The average molecular weight is 1150 g/mol. The fourth-order valence-electron chi connectivity index (χ4n) is 10.4. The van der Waals surface area contributed by atoms with Crippen molar-refractivity contribution >= 4 is 93.1 Å². The van der Waals surface area contributed by atoms with Crippen LogP contribution >= 0.6 is 57.7 Å². The second-order valence-electron chi connectivity index (χ2n) is 20.7. The maximum Gasteiger partial charge on any atom is 0.240 e. The molecule has 5 heterocycles. The van der Waals surface area contributed by atoms with Crippen molar-refractivity contribution in [3.05, 3.63) is 172 Å². The summed E-state index contributed by atoms with van der Waals surface area (Å²) in [6, 6.07) is 25.0. The predicted octanol–water partition coefficient (Wildman–Crippen LogP) is 12.5. The van der Waals surface area contributed by atoms with Gasteiger partial charge < -0.3 is 25.2 Å². The Morgan fingerprint density at radius 2 is 1.40 bits per heavy atom. The molecule has 12 nitrogen and oxygen atoms in total. The number of ether oxygens (including phenoxy) is 1. The highest BCUT2D eigenvalue weighted by molar-refractivity contribution is 7.15. The largest absolute Gasteiger partial charge is 0.494 e. The van der Waals surface area contributed by atoms with Crippen molar-refractivity contribution in [3.63, 3.8) is 0 Å². The van der Waals surface area contributed by atoms with E-state index in [9.17, 15) is 14.4 Å². The highest BCUT2D eigenvalue weighted by Crippen LogP contribution is 2.40. The molecule has 2 atom stereocenters. The van der Waals surface area contributed by atoms with Crippen LogP contribution in [0.3, 0.4) is 0 Å². The summed E-state index contributed by atoms with van der Waals surface area (Å²) in [5.41, 5.74) is 14.9. The lowest BCUT2D eigenvalue weighted by atomic mass is 9.93. The van der Waals surface area contributed by atoms with E-state index in [4.69, 9.17) is 61.9 Å². The Kier molecular flexibility index (Phi) is 19.2. The van der Waals surface area contributed by atoms with Crippen LogP contribution in [0.1, 0.15) is 106 Å². The number of carbonyl (C=O) groups excluding carboxylic acids is 3. The number of unbranched alkanes of at least 4 members (excludes halogenated alkanes) is 3. The molecule has 3 aliphatic rings. The van der Waals surface area contributed by atoms with E-state index in [-0.39, 0.29) is 37.0 Å². The van der Waals surface area contributed by atoms with Gasteiger partial charge in [0, 0.05) is 89.3 Å². The number of hydrogen-bond donors (Lipinski definition) is 1. The maximum atomic E-state index is 14.0. The van der Waals surface area contributed by atoms with Gasteiger partial charge in [0.15, 0.2) is 11.6 Å². The van der Waals surface area contributed by atoms with E-state index in [1.165, 1.54) is 10.4 Å². The van der Waals surface area contributed by atoms with Crippen LogP contribution in [-0.4, -0.2) is 118 Å². The lowest BCUT2D eigenvalue weighted by Crippen LogP contribution is -2.49. The molecule has 0 bridgehead atoms. The standard InChI is InChI=1S/C61H66Cl4N8O4S/c1-38-11-12-43(32-52(38)64)30-46-36-72(37-47(58(46)75)31-44-15-22-51(63)53(65)33-44)60(76)54(66)34-42-13-20-50(21-14-42)77-29-8-6-5-7-23-70-25-27-71(28-26-70)24-9-10-49(74)35-55-59-69-68-41(4)73(59)61-56(39(2)40(3)78-61)57(67-55)45-16-18-48(62)19-17-45/h11-22,30-33,54-55H,5-10,23-29,34-37,66H2,1-4H3/b46-30+,47-31+/t54-,55-/m0/s1. The molecular weight excluding hydrogens is 1080 g/mol. The van der Waals surface area contributed by atoms with E-state index in [2.05, 4.69) is 38.4 Å². The molecule has 1 amide bonds. The van der Waals surface area contributed by atoms with E-state index in [0.29, 0.717) is 62.1 Å². The zero-order valence-electron chi connectivity index (χ0n) is 44.7. The average Bonchev–Trinajstić information content (AvgIpc) is 3.92. The minimum absolute atomic E-state index is 0.103. The minimum atomic E-state index is -0.825. The van der Waals surface area contributed by atoms with Crippen molar-refractivity contribution in [1.29, 1.82) is 0 Å². The van der Waals surface area contributed by atoms with Crippen LogP contribution in [-0.2, 0) is 20.8 Å². The normalized spacial score (nSPS) is 17.5. The van der Waals surface area contributed by atoms with Crippen LogP contribution in [0.4, 0.5) is 0 Å². The third kappa shape index (κ3) is 14.1. The number of halogens is 4. The first-order valence-corrected chi connectivity index (χ1v) is 29.2. The summed E-state index contributed by atoms with van der Waals surface area (Å²) in [6.45, 7) is 15.1. The topological polar surface area (TPSA) is 139 Å². The van der Waals surface area contributed by atoms with Gasteiger partial charge in [-0.25, -0.2) is 0 Å². The molecule has 6 aromatic rings. The molecule has 2 aromatic heterocycles. The van der Waals surface area contributed by atoms with Gasteiger partial charge in [0.25, 0.3) is 0 Å². The molecule has 0 spiro atoms. The fraction of sp³-hybridized carbons (Fsp3) is 0.377. The highest BCUT2D eigenvalue weighted by atomic mass is 35.5. The number of piperidine rings is 1. The van der Waals surface area contributed by atoms with Crippen molar-refractivity contribution < 1.29 is 19.1 Å². The summed E-state index contributed by atoms with van der Waals surface area (Å²) in [6.07, 6.45) is 9.79. The molecule has 2 N–H and O–H groups in total. The number of ketones is 2. The number of nitrogens with two attached hydrogens (primary N) is 1. The van der Waals surface area contributed by atoms with Gasteiger partial charge in [0.05, 0.1) is 28.4 Å². The minimum Gasteiger partial charge on any atom is -0.494 e. The smallest absolute Gasteiger partial charge is 0.240 e. The number of Topliss-reactive ketones (excluding diaryl/α,β-unsaturated/α-hetero) is 2. The number of carbonyl (C=O) groups is 3. The number of rotatable bonds is 20. The molecular formula is C61H66Cl4N8O4S. The van der Waals surface area contributed by atoms with Crippen molar-refractivity contribution in [2.24, 2.45) is 10.7 Å². The first-order valence-electron chi connectivity index (χ1n) is 26.8. The summed E-state index contributed by atoms with van der Waals surface area (Å²) in [4.78, 5) is 54.6. The fourth-order valence-corrected chi connectivity index (χ4v) is 12.2. The van der Waals surface area contributed by atoms with Crippen LogP contribution in [0.5, 0.6) is 5.75 Å². The number of hydrogen-bond acceptors (Lipinski definition) is 11. The molecule has 78 heavy (non-hydrogen) atoms. The monoisotopic (exact) mass is 1150 g/mol. The molecule has 2 saturated heterocycles. The third-order valence-corrected chi connectivity index (χ3v) is 17.5. The molecule has 17 heteroatoms. The molecule has 0 saturated carbocycles. The zero-order valence-corrected chi connectivity index (χ0v) is 48.5. The van der Waals surface area contributed by atoms with Gasteiger partial charge >= 0.3 is 0 Å². The molecule has 0 aliphatic carbocycles. The van der Waals surface area contributed by atoms with Gasteiger partial charge in [-0.1, -0.05) is 102 Å². The van der Waals surface area contributed by atoms with Gasteiger partial charge in [-0.15, -0.1) is 21.5 Å². The third-order valence-electron chi connectivity index (χ3n) is 14.9. The molecule has 0 unspecified atom stereocenters. The van der Waals surface area contributed by atoms with Gasteiger partial charge in [-0.2, -0.15) is 0 Å². The van der Waals surface area contributed by atoms with Gasteiger partial charge in [-0.3, -0.25) is 23.9 Å². The Balaban J connectivity index is 0.671. The number of nitrogens with zero attached hydrogens (tertiary/aromatic N) is 7. The summed E-state index contributed by atoms with van der Waals surface area (Å²) >= 11 is 26.9. The SMILES string of the molecule is Cc1ccc(/C=C2\CN(C(=O)[C@@H](N)Cc3ccc(OCCCCCCN4CCN(CCCC(=O)C[C@@H]5N=C(c6ccc(Cl)cc6)c6c(sc(C)c6C)-n6c(C)nnc65)CC4)cc3)C/C(=C\c3ccc(Cl)c(Cl)c3)C2=O)cc1Cl. The number of fused-ring (bicyclic) bond motifs is 3. The number of piperazine rings is 1. The Morgan fingerprint density at radius 1 is 0.756 bits per heavy atom. The molecule has 9 rings (SSSR count). The van der Waals surface area contributed by atoms with Crippen molar-refractivity contribution in [2.75, 3.05) is 59.0 Å². The first kappa shape index (κ1) is 57.2. The van der Waals surface area contributed by atoms with Crippen molar-refractivity contribution in [1.82, 2.24) is 29.5 Å². The number of likely N-dealkylation sites (tertiary alicyclic amines) is 1. The Morgan fingerprint density at radius 3 is 2.06 bits per heavy atom. The van der Waals surface area contributed by atoms with Crippen LogP contribution < -0.4 is 10.5 Å². The summed E-state index contributed by atoms with van der Waals surface area (Å²) in [7, 11) is 0. The van der Waals surface area contributed by atoms with Crippen LogP contribution in [0.15, 0.2) is 101 Å². The van der Waals surface area contributed by atoms with Crippen LogP contribution in [0.2, 0.25) is 20.1 Å². The zero-order chi connectivity index (χ0) is 55.0. The number of benzene rings is 4. The Hall–Kier alpha value is -5.48. The summed E-state index contributed by atoms with van der Waals surface area (Å²) in [5.74, 6) is 2.05. The number of thiophene rings is 1. The van der Waals surface area contributed by atoms with Gasteiger partial charge in [-0.05, 0) is 149 Å². The predicted molar refractivity (Wildman–Crippen MR) is 317 cm³/mol.